The number of rotatable bonds is 8. The second-order valence-electron chi connectivity index (χ2n) is 6.47. The Morgan fingerprint density at radius 3 is 2.62 bits per heavy atom. The van der Waals surface area contributed by atoms with Crippen LogP contribution in [0.15, 0.2) is 23.1 Å². The molecule has 0 saturated heterocycles. The molecule has 7 nitrogen and oxygen atoms in total. The molecule has 0 radical (unpaired) electrons. The zero-order valence-corrected chi connectivity index (χ0v) is 14.4. The van der Waals surface area contributed by atoms with Gasteiger partial charge in [0.15, 0.2) is 0 Å². The Labute approximate surface area is 142 Å². The van der Waals surface area contributed by atoms with Gasteiger partial charge in [0, 0.05) is 24.2 Å². The molecule has 1 aromatic rings. The van der Waals surface area contributed by atoms with Crippen molar-refractivity contribution in [3.8, 4) is 5.75 Å². The van der Waals surface area contributed by atoms with Crippen molar-refractivity contribution in [2.75, 3.05) is 13.7 Å². The quantitative estimate of drug-likeness (QED) is 0.634. The van der Waals surface area contributed by atoms with E-state index < -0.39 is 10.0 Å². The van der Waals surface area contributed by atoms with Crippen LogP contribution in [-0.2, 0) is 10.0 Å². The van der Waals surface area contributed by atoms with Gasteiger partial charge in [0.25, 0.3) is 5.91 Å². The highest BCUT2D eigenvalue weighted by Gasteiger charge is 2.31. The fourth-order valence-electron chi connectivity index (χ4n) is 2.52. The Hall–Kier alpha value is -1.64. The molecule has 2 fully saturated rings. The maximum Gasteiger partial charge on any atom is 0.251 e. The van der Waals surface area contributed by atoms with Crippen molar-refractivity contribution < 1.29 is 17.9 Å². The van der Waals surface area contributed by atoms with Crippen molar-refractivity contribution >= 4 is 15.9 Å². The first-order valence-corrected chi connectivity index (χ1v) is 9.63. The molecular weight excluding hydrogens is 330 g/mol. The van der Waals surface area contributed by atoms with Crippen LogP contribution in [0.5, 0.6) is 5.75 Å². The van der Waals surface area contributed by atoms with Gasteiger partial charge in [0.1, 0.15) is 10.6 Å². The Morgan fingerprint density at radius 2 is 2.04 bits per heavy atom. The summed E-state index contributed by atoms with van der Waals surface area (Å²) in [7, 11) is -2.31. The van der Waals surface area contributed by atoms with Crippen molar-refractivity contribution in [2.24, 2.45) is 11.7 Å². The molecule has 2 aliphatic rings. The number of sulfonamides is 1. The lowest BCUT2D eigenvalue weighted by molar-refractivity contribution is 0.0950. The van der Waals surface area contributed by atoms with Crippen LogP contribution in [-0.4, -0.2) is 40.1 Å². The number of carbonyl (C=O) groups excluding carboxylic acids is 1. The third-order valence-electron chi connectivity index (χ3n) is 4.34. The highest BCUT2D eigenvalue weighted by molar-refractivity contribution is 7.89. The van der Waals surface area contributed by atoms with E-state index in [1.54, 1.807) is 6.07 Å². The minimum Gasteiger partial charge on any atom is -0.495 e. The average Bonchev–Trinajstić information content (AvgIpc) is 3.44. The van der Waals surface area contributed by atoms with E-state index in [0.29, 0.717) is 12.5 Å². The molecule has 132 valence electrons. The average molecular weight is 353 g/mol. The van der Waals surface area contributed by atoms with Gasteiger partial charge in [-0.2, -0.15) is 0 Å². The third kappa shape index (κ3) is 4.06. The SMILES string of the molecule is COc1ccc(C(=O)NCC(N)C2CC2)cc1S(=O)(=O)NC1CC1. The highest BCUT2D eigenvalue weighted by atomic mass is 32.2. The maximum atomic E-state index is 12.5. The summed E-state index contributed by atoms with van der Waals surface area (Å²) in [5, 5.41) is 2.77. The van der Waals surface area contributed by atoms with Gasteiger partial charge >= 0.3 is 0 Å². The van der Waals surface area contributed by atoms with E-state index in [2.05, 4.69) is 10.0 Å². The highest BCUT2D eigenvalue weighted by Crippen LogP contribution is 2.31. The van der Waals surface area contributed by atoms with Crippen LogP contribution < -0.4 is 20.5 Å². The summed E-state index contributed by atoms with van der Waals surface area (Å²) in [6.45, 7) is 0.387. The third-order valence-corrected chi connectivity index (χ3v) is 5.88. The van der Waals surface area contributed by atoms with Crippen molar-refractivity contribution in [1.29, 1.82) is 0 Å². The standard InChI is InChI=1S/C16H23N3O4S/c1-23-14-7-4-11(16(20)18-9-13(17)10-2-3-10)8-15(14)24(21,22)19-12-5-6-12/h4,7-8,10,12-13,19H,2-3,5-6,9,17H2,1H3,(H,18,20). The molecule has 0 aromatic heterocycles. The molecule has 8 heteroatoms. The van der Waals surface area contributed by atoms with Gasteiger partial charge in [-0.05, 0) is 49.8 Å². The topological polar surface area (TPSA) is 111 Å². The number of amides is 1. The van der Waals surface area contributed by atoms with Crippen LogP contribution in [0.2, 0.25) is 0 Å². The Kier molecular flexibility index (Phi) is 4.80. The first-order chi connectivity index (χ1) is 11.4. The van der Waals surface area contributed by atoms with Gasteiger partial charge in [0.2, 0.25) is 10.0 Å². The maximum absolute atomic E-state index is 12.5. The summed E-state index contributed by atoms with van der Waals surface area (Å²) in [6, 6.07) is 4.33. The number of hydrogen-bond acceptors (Lipinski definition) is 5. The largest absolute Gasteiger partial charge is 0.495 e. The van der Waals surface area contributed by atoms with E-state index in [1.165, 1.54) is 19.2 Å². The van der Waals surface area contributed by atoms with Crippen molar-refractivity contribution in [3.63, 3.8) is 0 Å². The van der Waals surface area contributed by atoms with Gasteiger partial charge in [-0.15, -0.1) is 0 Å². The van der Waals surface area contributed by atoms with Crippen LogP contribution >= 0.6 is 0 Å². The normalized spacial score (nSPS) is 18.9. The molecule has 24 heavy (non-hydrogen) atoms. The summed E-state index contributed by atoms with van der Waals surface area (Å²) in [5.41, 5.74) is 6.24. The van der Waals surface area contributed by atoms with E-state index in [1.807, 2.05) is 0 Å². The first-order valence-electron chi connectivity index (χ1n) is 8.15. The summed E-state index contributed by atoms with van der Waals surface area (Å²) in [5.74, 6) is 0.367. The van der Waals surface area contributed by atoms with E-state index in [4.69, 9.17) is 10.5 Å². The monoisotopic (exact) mass is 353 g/mol. The van der Waals surface area contributed by atoms with Crippen LogP contribution in [0.4, 0.5) is 0 Å². The van der Waals surface area contributed by atoms with E-state index in [9.17, 15) is 13.2 Å². The molecule has 0 spiro atoms. The lowest BCUT2D eigenvalue weighted by Crippen LogP contribution is -2.38. The molecule has 1 unspecified atom stereocenters. The van der Waals surface area contributed by atoms with Crippen LogP contribution in [0.25, 0.3) is 0 Å². The second kappa shape index (κ2) is 6.70. The molecule has 2 saturated carbocycles. The van der Waals surface area contributed by atoms with Crippen molar-refractivity contribution in [1.82, 2.24) is 10.0 Å². The predicted molar refractivity (Wildman–Crippen MR) is 89.4 cm³/mol. The van der Waals surface area contributed by atoms with E-state index in [-0.39, 0.29) is 34.2 Å². The molecule has 0 bridgehead atoms. The number of nitrogens with one attached hydrogen (secondary N) is 2. The minimum atomic E-state index is -3.71. The summed E-state index contributed by atoms with van der Waals surface area (Å²) in [4.78, 5) is 12.3. The summed E-state index contributed by atoms with van der Waals surface area (Å²) in [6.07, 6.45) is 3.88. The molecule has 1 aromatic carbocycles. The summed E-state index contributed by atoms with van der Waals surface area (Å²) < 4.78 is 32.7. The lowest BCUT2D eigenvalue weighted by atomic mass is 10.1. The molecule has 0 heterocycles. The molecule has 0 aliphatic heterocycles. The van der Waals surface area contributed by atoms with Gasteiger partial charge in [0.05, 0.1) is 7.11 Å². The number of hydrogen-bond donors (Lipinski definition) is 3. The van der Waals surface area contributed by atoms with E-state index >= 15 is 0 Å². The Balaban J connectivity index is 1.75. The fourth-order valence-corrected chi connectivity index (χ4v) is 4.02. The molecular formula is C16H23N3O4S. The van der Waals surface area contributed by atoms with Gasteiger partial charge < -0.3 is 15.8 Å². The van der Waals surface area contributed by atoms with Crippen LogP contribution in [0.1, 0.15) is 36.0 Å². The fraction of sp³-hybridized carbons (Fsp3) is 0.562. The molecule has 2 aliphatic carbocycles. The first kappa shape index (κ1) is 17.2. The van der Waals surface area contributed by atoms with Crippen LogP contribution in [0, 0.1) is 5.92 Å². The van der Waals surface area contributed by atoms with Gasteiger partial charge in [-0.25, -0.2) is 13.1 Å². The van der Waals surface area contributed by atoms with Crippen LogP contribution in [0.3, 0.4) is 0 Å². The Morgan fingerprint density at radius 1 is 1.33 bits per heavy atom. The minimum absolute atomic E-state index is 0.0176. The Bertz CT molecular complexity index is 727. The number of carbonyl (C=O) groups is 1. The number of methoxy groups -OCH3 is 1. The van der Waals surface area contributed by atoms with E-state index in [0.717, 1.165) is 25.7 Å². The molecule has 4 N–H and O–H groups in total. The zero-order valence-electron chi connectivity index (χ0n) is 13.6. The summed E-state index contributed by atoms with van der Waals surface area (Å²) >= 11 is 0. The lowest BCUT2D eigenvalue weighted by Gasteiger charge is -2.14. The van der Waals surface area contributed by atoms with Crippen molar-refractivity contribution in [3.05, 3.63) is 23.8 Å². The van der Waals surface area contributed by atoms with Gasteiger partial charge in [-0.3, -0.25) is 4.79 Å². The second-order valence-corrected chi connectivity index (χ2v) is 8.15. The molecule has 1 atom stereocenters. The molecule has 3 rings (SSSR count). The van der Waals surface area contributed by atoms with Gasteiger partial charge in [-0.1, -0.05) is 0 Å². The number of benzene rings is 1. The smallest absolute Gasteiger partial charge is 0.251 e. The number of nitrogens with two attached hydrogens (primary N) is 1. The van der Waals surface area contributed by atoms with Crippen molar-refractivity contribution in [2.45, 2.75) is 42.7 Å². The predicted octanol–water partition coefficient (Wildman–Crippen LogP) is 0.603. The zero-order chi connectivity index (χ0) is 17.3. The number of ether oxygens (including phenoxy) is 1. The molecule has 1 amide bonds.